The van der Waals surface area contributed by atoms with E-state index in [2.05, 4.69) is 0 Å². The van der Waals surface area contributed by atoms with Crippen molar-refractivity contribution in [3.63, 3.8) is 0 Å². The van der Waals surface area contributed by atoms with Crippen LogP contribution in [-0.4, -0.2) is 11.9 Å². The van der Waals surface area contributed by atoms with Gasteiger partial charge < -0.3 is 9.47 Å². The van der Waals surface area contributed by atoms with Crippen molar-refractivity contribution in [3.05, 3.63) is 23.8 Å². The average molecular weight is 306 g/mol. The zero-order chi connectivity index (χ0) is 16.7. The molecular formula is C18H26O4. The van der Waals surface area contributed by atoms with E-state index in [0.717, 1.165) is 5.56 Å². The molecule has 0 aliphatic carbocycles. The molecule has 1 aromatic carbocycles. The van der Waals surface area contributed by atoms with Crippen LogP contribution in [0, 0.1) is 11.8 Å². The van der Waals surface area contributed by atoms with E-state index >= 15 is 0 Å². The molecule has 0 spiro atoms. The van der Waals surface area contributed by atoms with Crippen molar-refractivity contribution in [2.24, 2.45) is 11.8 Å². The minimum absolute atomic E-state index is 0.216. The lowest BCUT2D eigenvalue weighted by atomic mass is 10.1. The van der Waals surface area contributed by atoms with Crippen LogP contribution in [0.15, 0.2) is 18.2 Å². The second-order valence-corrected chi connectivity index (χ2v) is 6.24. The lowest BCUT2D eigenvalue weighted by Gasteiger charge is -2.15. The average Bonchev–Trinajstić information content (AvgIpc) is 2.38. The monoisotopic (exact) mass is 306 g/mol. The zero-order valence-corrected chi connectivity index (χ0v) is 14.1. The Balaban J connectivity index is 2.96. The van der Waals surface area contributed by atoms with Gasteiger partial charge in [0.25, 0.3) is 0 Å². The predicted octanol–water partition coefficient (Wildman–Crippen LogP) is 4.15. The van der Waals surface area contributed by atoms with Crippen molar-refractivity contribution >= 4 is 11.9 Å². The van der Waals surface area contributed by atoms with Gasteiger partial charge in [0.1, 0.15) is 0 Å². The Labute approximate surface area is 132 Å². The molecule has 0 N–H and O–H groups in total. The Kier molecular flexibility index (Phi) is 7.09. The summed E-state index contributed by atoms with van der Waals surface area (Å²) < 4.78 is 10.9. The number of benzene rings is 1. The van der Waals surface area contributed by atoms with Crippen LogP contribution >= 0.6 is 0 Å². The first-order chi connectivity index (χ1) is 10.3. The summed E-state index contributed by atoms with van der Waals surface area (Å²) in [6.07, 6.45) is 1.35. The summed E-state index contributed by atoms with van der Waals surface area (Å²) in [4.78, 5) is 23.8. The Bertz CT molecular complexity index is 518. The van der Waals surface area contributed by atoms with Crippen molar-refractivity contribution in [1.29, 1.82) is 0 Å². The van der Waals surface area contributed by atoms with Crippen LogP contribution in [0.5, 0.6) is 11.5 Å². The lowest BCUT2D eigenvalue weighted by molar-refractivity contribution is -0.138. The Morgan fingerprint density at radius 3 is 2.00 bits per heavy atom. The Morgan fingerprint density at radius 2 is 1.50 bits per heavy atom. The number of hydrogen-bond donors (Lipinski definition) is 0. The van der Waals surface area contributed by atoms with Crippen LogP contribution < -0.4 is 9.47 Å². The van der Waals surface area contributed by atoms with E-state index in [1.165, 1.54) is 0 Å². The quantitative estimate of drug-likeness (QED) is 0.561. The third-order valence-electron chi connectivity index (χ3n) is 3.03. The fourth-order valence-electron chi connectivity index (χ4n) is 2.02. The van der Waals surface area contributed by atoms with E-state index < -0.39 is 0 Å². The van der Waals surface area contributed by atoms with Gasteiger partial charge in [0.05, 0.1) is 0 Å². The molecule has 0 radical (unpaired) electrons. The number of para-hydroxylation sites is 1. The molecule has 1 rings (SSSR count). The minimum atomic E-state index is -0.315. The molecule has 0 heterocycles. The number of esters is 2. The fraction of sp³-hybridized carbons (Fsp3) is 0.556. The van der Waals surface area contributed by atoms with Crippen LogP contribution in [0.25, 0.3) is 0 Å². The summed E-state index contributed by atoms with van der Waals surface area (Å²) in [6.45, 7) is 9.78. The lowest BCUT2D eigenvalue weighted by Crippen LogP contribution is -2.15. The van der Waals surface area contributed by atoms with Gasteiger partial charge in [-0.15, -0.1) is 0 Å². The minimum Gasteiger partial charge on any atom is -0.422 e. The third kappa shape index (κ3) is 5.88. The highest BCUT2D eigenvalue weighted by atomic mass is 16.6. The highest BCUT2D eigenvalue weighted by Crippen LogP contribution is 2.32. The molecule has 0 saturated heterocycles. The molecule has 0 aromatic heterocycles. The van der Waals surface area contributed by atoms with Gasteiger partial charge in [0.2, 0.25) is 0 Å². The molecule has 0 bridgehead atoms. The van der Waals surface area contributed by atoms with Crippen LogP contribution in [0.4, 0.5) is 0 Å². The maximum absolute atomic E-state index is 11.9. The first kappa shape index (κ1) is 18.2. The largest absolute Gasteiger partial charge is 0.422 e. The van der Waals surface area contributed by atoms with Gasteiger partial charge in [-0.05, 0) is 29.9 Å². The highest BCUT2D eigenvalue weighted by Gasteiger charge is 2.18. The van der Waals surface area contributed by atoms with E-state index in [0.29, 0.717) is 30.8 Å². The second-order valence-electron chi connectivity index (χ2n) is 6.24. The molecule has 4 heteroatoms. The maximum Gasteiger partial charge on any atom is 0.311 e. The van der Waals surface area contributed by atoms with Crippen LogP contribution in [0.2, 0.25) is 0 Å². The Morgan fingerprint density at radius 1 is 0.955 bits per heavy atom. The molecular weight excluding hydrogens is 280 g/mol. The fourth-order valence-corrected chi connectivity index (χ4v) is 2.02. The third-order valence-corrected chi connectivity index (χ3v) is 3.03. The van der Waals surface area contributed by atoms with Gasteiger partial charge in [0.15, 0.2) is 11.5 Å². The van der Waals surface area contributed by atoms with Crippen molar-refractivity contribution in [3.8, 4) is 11.5 Å². The number of ether oxygens (including phenoxy) is 2. The van der Waals surface area contributed by atoms with E-state index in [9.17, 15) is 9.59 Å². The predicted molar refractivity (Wildman–Crippen MR) is 86.0 cm³/mol. The molecule has 0 unspecified atom stereocenters. The second kappa shape index (κ2) is 8.57. The number of hydrogen-bond acceptors (Lipinski definition) is 4. The number of carbonyl (C=O) groups is 2. The first-order valence-electron chi connectivity index (χ1n) is 7.86. The van der Waals surface area contributed by atoms with Gasteiger partial charge >= 0.3 is 11.9 Å². The molecule has 0 aliphatic rings. The highest BCUT2D eigenvalue weighted by molar-refractivity contribution is 5.77. The molecule has 1 aromatic rings. The number of aryl methyl sites for hydroxylation is 1. The normalized spacial score (nSPS) is 10.9. The van der Waals surface area contributed by atoms with Crippen LogP contribution in [0.1, 0.15) is 53.0 Å². The van der Waals surface area contributed by atoms with Crippen molar-refractivity contribution in [1.82, 2.24) is 0 Å². The van der Waals surface area contributed by atoms with Gasteiger partial charge in [-0.3, -0.25) is 9.59 Å². The van der Waals surface area contributed by atoms with Crippen molar-refractivity contribution < 1.29 is 19.1 Å². The van der Waals surface area contributed by atoms with Gasteiger partial charge in [0, 0.05) is 12.8 Å². The van der Waals surface area contributed by atoms with Gasteiger partial charge in [-0.1, -0.05) is 46.8 Å². The first-order valence-corrected chi connectivity index (χ1v) is 7.86. The molecule has 0 fully saturated rings. The van der Waals surface area contributed by atoms with Crippen molar-refractivity contribution in [2.75, 3.05) is 0 Å². The molecule has 0 saturated carbocycles. The standard InChI is InChI=1S/C18H26O4/c1-6-14-8-7-9-15(21-16(19)10-12(2)3)18(14)22-17(20)11-13(4)5/h7-9,12-13H,6,10-11H2,1-5H3. The Hall–Kier alpha value is -1.84. The zero-order valence-electron chi connectivity index (χ0n) is 14.1. The van der Waals surface area contributed by atoms with E-state index in [1.807, 2.05) is 40.7 Å². The summed E-state index contributed by atoms with van der Waals surface area (Å²) in [7, 11) is 0. The SMILES string of the molecule is CCc1cccc(OC(=O)CC(C)C)c1OC(=O)CC(C)C. The van der Waals surface area contributed by atoms with Gasteiger partial charge in [-0.2, -0.15) is 0 Å². The van der Waals surface area contributed by atoms with E-state index in [1.54, 1.807) is 12.1 Å². The van der Waals surface area contributed by atoms with Gasteiger partial charge in [-0.25, -0.2) is 0 Å². The molecule has 22 heavy (non-hydrogen) atoms. The number of carbonyl (C=O) groups excluding carboxylic acids is 2. The van der Waals surface area contributed by atoms with Crippen molar-refractivity contribution in [2.45, 2.75) is 53.9 Å². The molecule has 4 nitrogen and oxygen atoms in total. The summed E-state index contributed by atoms with van der Waals surface area (Å²) >= 11 is 0. The molecule has 122 valence electrons. The summed E-state index contributed by atoms with van der Waals surface area (Å²) in [5.41, 5.74) is 0.854. The van der Waals surface area contributed by atoms with Crippen LogP contribution in [0.3, 0.4) is 0 Å². The summed E-state index contributed by atoms with van der Waals surface area (Å²) in [5.74, 6) is 0.498. The number of rotatable bonds is 7. The van der Waals surface area contributed by atoms with E-state index in [4.69, 9.17) is 9.47 Å². The topological polar surface area (TPSA) is 52.6 Å². The maximum atomic E-state index is 11.9. The molecule has 0 amide bonds. The molecule has 0 aliphatic heterocycles. The van der Waals surface area contributed by atoms with E-state index in [-0.39, 0.29) is 23.8 Å². The molecule has 0 atom stereocenters. The smallest absolute Gasteiger partial charge is 0.311 e. The summed E-state index contributed by atoms with van der Waals surface area (Å²) in [6, 6.07) is 5.34. The summed E-state index contributed by atoms with van der Waals surface area (Å²) in [5, 5.41) is 0. The van der Waals surface area contributed by atoms with Crippen LogP contribution in [-0.2, 0) is 16.0 Å².